The van der Waals surface area contributed by atoms with Gasteiger partial charge in [-0.15, -0.1) is 0 Å². The summed E-state index contributed by atoms with van der Waals surface area (Å²) in [6, 6.07) is 3.64. The number of carbonyl (C=O) groups is 2. The van der Waals surface area contributed by atoms with Gasteiger partial charge in [0.1, 0.15) is 5.75 Å². The van der Waals surface area contributed by atoms with Crippen LogP contribution in [0.15, 0.2) is 18.2 Å². The summed E-state index contributed by atoms with van der Waals surface area (Å²) in [4.78, 5) is 24.5. The standard InChI is InChI=1S/C32H51F3O5/c1-3-5-7-9-10-11-12-13-14-15-16-17-20-25(36)24-28(37)31(39)40-29-23-19-22-27(30(38)32(33,34)35)26(29)21-18-8-6-4-2/h19,22-23,25,28,36-37H,3-18,20-21,24H2,1-2H3. The van der Waals surface area contributed by atoms with Crippen LogP contribution in [-0.4, -0.2) is 40.3 Å². The second-order valence-corrected chi connectivity index (χ2v) is 10.9. The second kappa shape index (κ2) is 20.9. The molecule has 40 heavy (non-hydrogen) atoms. The SMILES string of the molecule is CCCCCCCCCCCCCCC(O)CC(O)C(=O)Oc1cccc(C(=O)C(F)(F)F)c1CCCCCC. The van der Waals surface area contributed by atoms with Gasteiger partial charge in [-0.05, 0) is 25.3 Å². The van der Waals surface area contributed by atoms with Gasteiger partial charge in [0.25, 0.3) is 5.78 Å². The maximum Gasteiger partial charge on any atom is 0.454 e. The monoisotopic (exact) mass is 572 g/mol. The Bertz CT molecular complexity index is 840. The summed E-state index contributed by atoms with van der Waals surface area (Å²) in [5, 5.41) is 20.6. The maximum absolute atomic E-state index is 13.2. The molecule has 1 rings (SSSR count). The zero-order valence-electron chi connectivity index (χ0n) is 24.6. The molecular formula is C32H51F3O5. The lowest BCUT2D eigenvalue weighted by Gasteiger charge is -2.18. The van der Waals surface area contributed by atoms with Gasteiger partial charge in [0.05, 0.1) is 6.10 Å². The normalized spacial score (nSPS) is 13.3. The number of benzene rings is 1. The van der Waals surface area contributed by atoms with E-state index in [0.29, 0.717) is 12.8 Å². The van der Waals surface area contributed by atoms with Gasteiger partial charge in [-0.1, -0.05) is 122 Å². The van der Waals surface area contributed by atoms with Crippen molar-refractivity contribution in [2.24, 2.45) is 0 Å². The van der Waals surface area contributed by atoms with Crippen molar-refractivity contribution in [3.8, 4) is 5.75 Å². The number of esters is 1. The van der Waals surface area contributed by atoms with Crippen LogP contribution in [0.25, 0.3) is 0 Å². The van der Waals surface area contributed by atoms with Crippen LogP contribution < -0.4 is 4.74 Å². The maximum atomic E-state index is 13.2. The number of aliphatic hydroxyl groups excluding tert-OH is 2. The first-order valence-corrected chi connectivity index (χ1v) is 15.4. The first-order valence-electron chi connectivity index (χ1n) is 15.4. The Labute approximate surface area is 238 Å². The van der Waals surface area contributed by atoms with E-state index in [4.69, 9.17) is 4.74 Å². The molecule has 0 saturated carbocycles. The summed E-state index contributed by atoms with van der Waals surface area (Å²) in [5.41, 5.74) is -0.533. The lowest BCUT2D eigenvalue weighted by molar-refractivity contribution is -0.145. The molecule has 0 aliphatic carbocycles. The minimum Gasteiger partial charge on any atom is -0.424 e. The molecule has 0 aliphatic rings. The highest BCUT2D eigenvalue weighted by molar-refractivity contribution is 6.02. The molecule has 0 radical (unpaired) electrons. The zero-order chi connectivity index (χ0) is 29.8. The highest BCUT2D eigenvalue weighted by atomic mass is 19.4. The molecule has 8 heteroatoms. The van der Waals surface area contributed by atoms with Crippen LogP contribution in [0.1, 0.15) is 145 Å². The predicted octanol–water partition coefficient (Wildman–Crippen LogP) is 8.66. The van der Waals surface area contributed by atoms with Crippen molar-refractivity contribution >= 4 is 11.8 Å². The summed E-state index contributed by atoms with van der Waals surface area (Å²) >= 11 is 0. The number of aliphatic hydroxyl groups is 2. The number of ketones is 1. The summed E-state index contributed by atoms with van der Waals surface area (Å²) in [7, 11) is 0. The Morgan fingerprint density at radius 1 is 0.775 bits per heavy atom. The smallest absolute Gasteiger partial charge is 0.424 e. The Morgan fingerprint density at radius 2 is 1.27 bits per heavy atom. The zero-order valence-corrected chi connectivity index (χ0v) is 24.6. The van der Waals surface area contributed by atoms with E-state index in [1.807, 2.05) is 6.92 Å². The third-order valence-electron chi connectivity index (χ3n) is 7.28. The van der Waals surface area contributed by atoms with E-state index in [0.717, 1.165) is 51.0 Å². The van der Waals surface area contributed by atoms with E-state index in [-0.39, 0.29) is 24.2 Å². The molecular weight excluding hydrogens is 521 g/mol. The van der Waals surface area contributed by atoms with Gasteiger partial charge in [0.15, 0.2) is 6.10 Å². The van der Waals surface area contributed by atoms with Crippen molar-refractivity contribution in [3.63, 3.8) is 0 Å². The van der Waals surface area contributed by atoms with Gasteiger partial charge in [0.2, 0.25) is 0 Å². The summed E-state index contributed by atoms with van der Waals surface area (Å²) < 4.78 is 44.8. The number of unbranched alkanes of at least 4 members (excludes halogenated alkanes) is 14. The number of carbonyl (C=O) groups excluding carboxylic acids is 2. The van der Waals surface area contributed by atoms with Gasteiger partial charge in [-0.2, -0.15) is 13.2 Å². The van der Waals surface area contributed by atoms with Crippen LogP contribution >= 0.6 is 0 Å². The largest absolute Gasteiger partial charge is 0.454 e. The second-order valence-electron chi connectivity index (χ2n) is 10.9. The van der Waals surface area contributed by atoms with Gasteiger partial charge in [-0.25, -0.2) is 4.79 Å². The quantitative estimate of drug-likeness (QED) is 0.0593. The number of Topliss-reactive ketones (excluding diaryl/α,β-unsaturated/α-hetero) is 1. The number of halogens is 3. The van der Waals surface area contributed by atoms with E-state index >= 15 is 0 Å². The van der Waals surface area contributed by atoms with Crippen molar-refractivity contribution in [1.29, 1.82) is 0 Å². The number of hydrogen-bond acceptors (Lipinski definition) is 5. The highest BCUT2D eigenvalue weighted by Crippen LogP contribution is 2.31. The number of rotatable bonds is 23. The molecule has 0 amide bonds. The van der Waals surface area contributed by atoms with Gasteiger partial charge in [0, 0.05) is 17.5 Å². The molecule has 2 atom stereocenters. The lowest BCUT2D eigenvalue weighted by atomic mass is 9.96. The topological polar surface area (TPSA) is 83.8 Å². The molecule has 0 heterocycles. The van der Waals surface area contributed by atoms with Crippen molar-refractivity contribution in [2.45, 2.75) is 154 Å². The molecule has 2 N–H and O–H groups in total. The van der Waals surface area contributed by atoms with E-state index < -0.39 is 35.7 Å². The number of hydrogen-bond donors (Lipinski definition) is 2. The van der Waals surface area contributed by atoms with E-state index in [1.54, 1.807) is 0 Å². The van der Waals surface area contributed by atoms with Gasteiger partial charge < -0.3 is 14.9 Å². The minimum atomic E-state index is -5.06. The first-order chi connectivity index (χ1) is 19.1. The predicted molar refractivity (Wildman–Crippen MR) is 153 cm³/mol. The van der Waals surface area contributed by atoms with Crippen molar-refractivity contribution < 1.29 is 37.7 Å². The van der Waals surface area contributed by atoms with E-state index in [2.05, 4.69) is 6.92 Å². The molecule has 5 nitrogen and oxygen atoms in total. The molecule has 1 aromatic carbocycles. The molecule has 0 fully saturated rings. The van der Waals surface area contributed by atoms with E-state index in [1.165, 1.54) is 63.5 Å². The van der Waals surface area contributed by atoms with Crippen molar-refractivity contribution in [3.05, 3.63) is 29.3 Å². The molecule has 0 saturated heterocycles. The van der Waals surface area contributed by atoms with E-state index in [9.17, 15) is 33.0 Å². The van der Waals surface area contributed by atoms with Crippen LogP contribution in [-0.2, 0) is 11.2 Å². The number of ether oxygens (including phenoxy) is 1. The van der Waals surface area contributed by atoms with Crippen LogP contribution in [0, 0.1) is 0 Å². The minimum absolute atomic E-state index is 0.0125. The Morgan fingerprint density at radius 3 is 1.80 bits per heavy atom. The average Bonchev–Trinajstić information content (AvgIpc) is 2.91. The Kier molecular flexibility index (Phi) is 18.8. The summed E-state index contributed by atoms with van der Waals surface area (Å²) in [6.07, 6.45) is 10.2. The molecule has 2 unspecified atom stereocenters. The summed E-state index contributed by atoms with van der Waals surface area (Å²) in [5.74, 6) is -3.21. The molecule has 0 spiro atoms. The van der Waals surface area contributed by atoms with Gasteiger partial charge in [-0.3, -0.25) is 4.79 Å². The van der Waals surface area contributed by atoms with Gasteiger partial charge >= 0.3 is 12.1 Å². The third-order valence-corrected chi connectivity index (χ3v) is 7.28. The Balaban J connectivity index is 2.49. The van der Waals surface area contributed by atoms with Crippen LogP contribution in [0.2, 0.25) is 0 Å². The number of alkyl halides is 3. The fraction of sp³-hybridized carbons (Fsp3) is 0.750. The average molecular weight is 573 g/mol. The highest BCUT2D eigenvalue weighted by Gasteiger charge is 2.41. The third kappa shape index (κ3) is 15.2. The van der Waals surface area contributed by atoms with Crippen molar-refractivity contribution in [2.75, 3.05) is 0 Å². The molecule has 230 valence electrons. The molecule has 0 aromatic heterocycles. The molecule has 0 bridgehead atoms. The molecule has 1 aromatic rings. The van der Waals surface area contributed by atoms with Crippen LogP contribution in [0.3, 0.4) is 0 Å². The van der Waals surface area contributed by atoms with Crippen LogP contribution in [0.5, 0.6) is 5.75 Å². The fourth-order valence-corrected chi connectivity index (χ4v) is 4.88. The lowest BCUT2D eigenvalue weighted by Crippen LogP contribution is -2.30. The van der Waals surface area contributed by atoms with Crippen LogP contribution in [0.4, 0.5) is 13.2 Å². The molecule has 0 aliphatic heterocycles. The first kappa shape index (κ1) is 36.1. The Hall–Kier alpha value is -1.93. The summed E-state index contributed by atoms with van der Waals surface area (Å²) in [6.45, 7) is 4.22. The fourth-order valence-electron chi connectivity index (χ4n) is 4.88. The van der Waals surface area contributed by atoms with Crippen molar-refractivity contribution in [1.82, 2.24) is 0 Å².